The molecular weight excluding hydrogens is 456 g/mol. The molecule has 0 aliphatic carbocycles. The second-order valence-electron chi connectivity index (χ2n) is 7.41. The second kappa shape index (κ2) is 8.91. The zero-order valence-electron chi connectivity index (χ0n) is 17.8. The maximum absolute atomic E-state index is 13.0. The Balaban J connectivity index is 1.38. The monoisotopic (exact) mass is 476 g/mol. The summed E-state index contributed by atoms with van der Waals surface area (Å²) in [6.07, 6.45) is 3.46. The predicted molar refractivity (Wildman–Crippen MR) is 126 cm³/mol. The molecule has 4 aromatic rings. The van der Waals surface area contributed by atoms with Gasteiger partial charge in [-0.2, -0.15) is 5.10 Å². The van der Waals surface area contributed by atoms with Crippen molar-refractivity contribution in [2.24, 2.45) is 0 Å². The van der Waals surface area contributed by atoms with E-state index in [1.165, 1.54) is 18.2 Å². The topological polar surface area (TPSA) is 112 Å². The van der Waals surface area contributed by atoms with Gasteiger partial charge in [-0.1, -0.05) is 18.2 Å². The highest BCUT2D eigenvalue weighted by Gasteiger charge is 2.22. The number of amides is 1. The summed E-state index contributed by atoms with van der Waals surface area (Å²) in [6.45, 7) is 0.749. The van der Waals surface area contributed by atoms with Crippen molar-refractivity contribution in [1.29, 1.82) is 0 Å². The minimum absolute atomic E-state index is 0.00103. The number of fused-ring (bicyclic) bond motifs is 1. The van der Waals surface area contributed by atoms with E-state index < -0.39 is 15.9 Å². The maximum Gasteiger partial charge on any atom is 0.262 e. The highest BCUT2D eigenvalue weighted by atomic mass is 32.2. The molecule has 9 nitrogen and oxygen atoms in total. The molecule has 1 amide bonds. The van der Waals surface area contributed by atoms with Gasteiger partial charge in [0, 0.05) is 24.1 Å². The Morgan fingerprint density at radius 3 is 2.56 bits per heavy atom. The molecule has 0 spiro atoms. The van der Waals surface area contributed by atoms with Crippen LogP contribution in [0.4, 0.5) is 11.4 Å². The van der Waals surface area contributed by atoms with Crippen LogP contribution in [-0.2, 0) is 10.0 Å². The number of sulfonamides is 1. The van der Waals surface area contributed by atoms with E-state index >= 15 is 0 Å². The summed E-state index contributed by atoms with van der Waals surface area (Å²) in [4.78, 5) is 13.0. The third-order valence-corrected chi connectivity index (χ3v) is 6.48. The summed E-state index contributed by atoms with van der Waals surface area (Å²) in [5, 5.41) is 7.00. The van der Waals surface area contributed by atoms with Gasteiger partial charge in [-0.25, -0.2) is 13.1 Å². The van der Waals surface area contributed by atoms with Crippen LogP contribution in [0.1, 0.15) is 10.4 Å². The highest BCUT2D eigenvalue weighted by Crippen LogP contribution is 2.33. The van der Waals surface area contributed by atoms with Gasteiger partial charge < -0.3 is 14.8 Å². The Bertz CT molecular complexity index is 1450. The van der Waals surface area contributed by atoms with E-state index in [2.05, 4.69) is 15.1 Å². The van der Waals surface area contributed by atoms with Crippen LogP contribution in [0.5, 0.6) is 11.5 Å². The van der Waals surface area contributed by atoms with Crippen LogP contribution in [0.25, 0.3) is 5.69 Å². The lowest BCUT2D eigenvalue weighted by Crippen LogP contribution is -2.19. The van der Waals surface area contributed by atoms with Crippen LogP contribution < -0.4 is 19.5 Å². The average Bonchev–Trinajstić information content (AvgIpc) is 3.39. The number of ether oxygens (including phenoxy) is 2. The number of para-hydroxylation sites is 1. The third-order valence-electron chi connectivity index (χ3n) is 5.11. The zero-order valence-corrected chi connectivity index (χ0v) is 18.7. The highest BCUT2D eigenvalue weighted by molar-refractivity contribution is 7.92. The summed E-state index contributed by atoms with van der Waals surface area (Å²) in [6, 6.07) is 19.7. The number of benzene rings is 3. The van der Waals surface area contributed by atoms with Crippen LogP contribution in [0.2, 0.25) is 0 Å². The summed E-state index contributed by atoms with van der Waals surface area (Å²) in [5.41, 5.74) is 1.64. The number of anilines is 2. The van der Waals surface area contributed by atoms with E-state index in [0.717, 1.165) is 5.69 Å². The predicted octanol–water partition coefficient (Wildman–Crippen LogP) is 3.70. The SMILES string of the molecule is O=C(Nc1cccc(-n2cccn2)c1)c1ccccc1NS(=O)(=O)c1ccc2c(c1)OCCO2. The first-order valence-electron chi connectivity index (χ1n) is 10.4. The molecule has 10 heteroatoms. The zero-order chi connectivity index (χ0) is 23.5. The van der Waals surface area contributed by atoms with Gasteiger partial charge in [0.1, 0.15) is 13.2 Å². The minimum Gasteiger partial charge on any atom is -0.486 e. The van der Waals surface area contributed by atoms with Gasteiger partial charge in [-0.3, -0.25) is 9.52 Å². The fourth-order valence-corrected chi connectivity index (χ4v) is 4.61. The molecular formula is C24H20N4O5S. The molecule has 1 aliphatic rings. The molecule has 0 fully saturated rings. The standard InChI is InChI=1S/C24H20N4O5S/c29-24(26-17-5-3-6-18(15-17)28-12-4-11-25-28)20-7-1-2-8-21(20)27-34(30,31)19-9-10-22-23(16-19)33-14-13-32-22/h1-12,15-16,27H,13-14H2,(H,26,29). The number of aromatic nitrogens is 2. The number of hydrogen-bond donors (Lipinski definition) is 2. The van der Waals surface area contributed by atoms with Crippen molar-refractivity contribution in [2.45, 2.75) is 4.90 Å². The molecule has 3 aromatic carbocycles. The molecule has 172 valence electrons. The third kappa shape index (κ3) is 4.44. The minimum atomic E-state index is -3.99. The summed E-state index contributed by atoms with van der Waals surface area (Å²) >= 11 is 0. The Kier molecular flexibility index (Phi) is 5.64. The lowest BCUT2D eigenvalue weighted by molar-refractivity contribution is 0.102. The van der Waals surface area contributed by atoms with Crippen molar-refractivity contribution < 1.29 is 22.7 Å². The lowest BCUT2D eigenvalue weighted by atomic mass is 10.1. The molecule has 0 atom stereocenters. The molecule has 0 saturated carbocycles. The molecule has 5 rings (SSSR count). The molecule has 0 bridgehead atoms. The van der Waals surface area contributed by atoms with Gasteiger partial charge in [-0.05, 0) is 48.5 Å². The van der Waals surface area contributed by atoms with Crippen LogP contribution in [0.15, 0.2) is 90.1 Å². The Morgan fingerprint density at radius 1 is 0.912 bits per heavy atom. The van der Waals surface area contributed by atoms with Crippen molar-refractivity contribution in [3.8, 4) is 17.2 Å². The van der Waals surface area contributed by atoms with Crippen molar-refractivity contribution >= 4 is 27.3 Å². The van der Waals surface area contributed by atoms with E-state index in [1.54, 1.807) is 65.6 Å². The van der Waals surface area contributed by atoms with E-state index in [0.29, 0.717) is 30.4 Å². The van der Waals surface area contributed by atoms with Gasteiger partial charge in [0.25, 0.3) is 15.9 Å². The van der Waals surface area contributed by atoms with Crippen molar-refractivity contribution in [1.82, 2.24) is 9.78 Å². The Morgan fingerprint density at radius 2 is 1.74 bits per heavy atom. The smallest absolute Gasteiger partial charge is 0.262 e. The number of carbonyl (C=O) groups is 1. The largest absolute Gasteiger partial charge is 0.486 e. The van der Waals surface area contributed by atoms with E-state index in [4.69, 9.17) is 9.47 Å². The Labute approximate surface area is 196 Å². The van der Waals surface area contributed by atoms with Gasteiger partial charge in [0.05, 0.1) is 21.8 Å². The van der Waals surface area contributed by atoms with Crippen molar-refractivity contribution in [3.05, 3.63) is 90.8 Å². The fraction of sp³-hybridized carbons (Fsp3) is 0.0833. The van der Waals surface area contributed by atoms with Crippen LogP contribution in [0.3, 0.4) is 0 Å². The fourth-order valence-electron chi connectivity index (χ4n) is 3.51. The summed E-state index contributed by atoms with van der Waals surface area (Å²) < 4.78 is 41.2. The number of hydrogen-bond acceptors (Lipinski definition) is 6. The quantitative estimate of drug-likeness (QED) is 0.439. The van der Waals surface area contributed by atoms with E-state index in [9.17, 15) is 13.2 Å². The summed E-state index contributed by atoms with van der Waals surface area (Å²) in [5.74, 6) is 0.387. The molecule has 0 saturated heterocycles. The molecule has 0 radical (unpaired) electrons. The molecule has 2 heterocycles. The number of rotatable bonds is 6. The van der Waals surface area contributed by atoms with Crippen LogP contribution in [-0.4, -0.2) is 37.3 Å². The lowest BCUT2D eigenvalue weighted by Gasteiger charge is -2.19. The first kappa shape index (κ1) is 21.5. The molecule has 2 N–H and O–H groups in total. The number of carbonyl (C=O) groups excluding carboxylic acids is 1. The van der Waals surface area contributed by atoms with Gasteiger partial charge >= 0.3 is 0 Å². The maximum atomic E-state index is 13.0. The summed E-state index contributed by atoms with van der Waals surface area (Å²) in [7, 11) is -3.99. The first-order valence-corrected chi connectivity index (χ1v) is 11.9. The first-order chi connectivity index (χ1) is 16.5. The molecule has 34 heavy (non-hydrogen) atoms. The molecule has 0 unspecified atom stereocenters. The van der Waals surface area contributed by atoms with E-state index in [-0.39, 0.29) is 16.1 Å². The van der Waals surface area contributed by atoms with E-state index in [1.807, 2.05) is 6.07 Å². The van der Waals surface area contributed by atoms with Crippen LogP contribution in [0, 0.1) is 0 Å². The molecule has 1 aromatic heterocycles. The number of nitrogens with one attached hydrogen (secondary N) is 2. The normalized spacial score (nSPS) is 12.7. The average molecular weight is 477 g/mol. The van der Waals surface area contributed by atoms with Gasteiger partial charge in [0.2, 0.25) is 0 Å². The van der Waals surface area contributed by atoms with Gasteiger partial charge in [0.15, 0.2) is 11.5 Å². The van der Waals surface area contributed by atoms with Crippen molar-refractivity contribution in [3.63, 3.8) is 0 Å². The van der Waals surface area contributed by atoms with Crippen LogP contribution >= 0.6 is 0 Å². The molecule has 1 aliphatic heterocycles. The second-order valence-corrected chi connectivity index (χ2v) is 9.09. The van der Waals surface area contributed by atoms with Gasteiger partial charge in [-0.15, -0.1) is 0 Å². The number of nitrogens with zero attached hydrogens (tertiary/aromatic N) is 2. The van der Waals surface area contributed by atoms with Crippen molar-refractivity contribution in [2.75, 3.05) is 23.3 Å². The Hall–Kier alpha value is -4.31.